The Morgan fingerprint density at radius 1 is 0.826 bits per heavy atom. The molecule has 0 spiro atoms. The van der Waals surface area contributed by atoms with E-state index in [9.17, 15) is 8.42 Å². The van der Waals surface area contributed by atoms with Crippen LogP contribution in [0.1, 0.15) is 11.1 Å². The Bertz CT molecular complexity index is 932. The summed E-state index contributed by atoms with van der Waals surface area (Å²) in [7, 11) is -3.46. The molecule has 3 aromatic carbocycles. The Balaban J connectivity index is 1.72. The van der Waals surface area contributed by atoms with Crippen molar-refractivity contribution in [2.45, 2.75) is 6.54 Å². The van der Waals surface area contributed by atoms with E-state index in [2.05, 4.69) is 4.72 Å². The van der Waals surface area contributed by atoms with Crippen LogP contribution in [0.25, 0.3) is 16.8 Å². The SMILES string of the molecule is O=S(=O)(C=Cc1ccc2ccccc2c1)NCc1ccccc1. The third-order valence-corrected chi connectivity index (χ3v) is 4.57. The van der Waals surface area contributed by atoms with Crippen LogP contribution in [0.4, 0.5) is 0 Å². The molecule has 0 unspecified atom stereocenters. The Morgan fingerprint density at radius 3 is 2.30 bits per heavy atom. The predicted octanol–water partition coefficient (Wildman–Crippen LogP) is 3.93. The first-order chi connectivity index (χ1) is 11.1. The zero-order valence-electron chi connectivity index (χ0n) is 12.5. The van der Waals surface area contributed by atoms with E-state index in [4.69, 9.17) is 0 Å². The van der Waals surface area contributed by atoms with Gasteiger partial charge in [0.1, 0.15) is 0 Å². The number of fused-ring (bicyclic) bond motifs is 1. The fraction of sp³-hybridized carbons (Fsp3) is 0.0526. The second-order valence-electron chi connectivity index (χ2n) is 5.26. The van der Waals surface area contributed by atoms with E-state index in [1.165, 1.54) is 5.41 Å². The fourth-order valence-corrected chi connectivity index (χ4v) is 3.11. The molecule has 0 heterocycles. The summed E-state index contributed by atoms with van der Waals surface area (Å²) in [4.78, 5) is 0. The molecule has 1 N–H and O–H groups in total. The largest absolute Gasteiger partial charge is 0.234 e. The summed E-state index contributed by atoms with van der Waals surface area (Å²) >= 11 is 0. The highest BCUT2D eigenvalue weighted by Crippen LogP contribution is 2.16. The van der Waals surface area contributed by atoms with Crippen LogP contribution in [0.3, 0.4) is 0 Å². The van der Waals surface area contributed by atoms with Crippen molar-refractivity contribution in [3.63, 3.8) is 0 Å². The van der Waals surface area contributed by atoms with Gasteiger partial charge in [-0.2, -0.15) is 0 Å². The van der Waals surface area contributed by atoms with Crippen LogP contribution in [-0.2, 0) is 16.6 Å². The minimum Gasteiger partial charge on any atom is -0.208 e. The Hall–Kier alpha value is -2.43. The minimum absolute atomic E-state index is 0.283. The Labute approximate surface area is 136 Å². The molecule has 0 saturated carbocycles. The molecule has 0 fully saturated rings. The molecule has 3 aromatic rings. The van der Waals surface area contributed by atoms with Gasteiger partial charge in [0.15, 0.2) is 0 Å². The van der Waals surface area contributed by atoms with Crippen molar-refractivity contribution in [1.29, 1.82) is 0 Å². The van der Waals surface area contributed by atoms with Crippen molar-refractivity contribution in [1.82, 2.24) is 4.72 Å². The maximum absolute atomic E-state index is 12.0. The first-order valence-electron chi connectivity index (χ1n) is 7.33. The molecular weight excluding hydrogens is 306 g/mol. The molecule has 0 aliphatic rings. The van der Waals surface area contributed by atoms with Gasteiger partial charge in [-0.1, -0.05) is 66.7 Å². The van der Waals surface area contributed by atoms with Crippen LogP contribution < -0.4 is 4.72 Å². The van der Waals surface area contributed by atoms with Crippen LogP contribution in [0.5, 0.6) is 0 Å². The van der Waals surface area contributed by atoms with Crippen molar-refractivity contribution in [3.05, 3.63) is 89.3 Å². The van der Waals surface area contributed by atoms with Crippen LogP contribution in [-0.4, -0.2) is 8.42 Å². The van der Waals surface area contributed by atoms with Crippen molar-refractivity contribution < 1.29 is 8.42 Å². The lowest BCUT2D eigenvalue weighted by atomic mass is 10.1. The van der Waals surface area contributed by atoms with Crippen molar-refractivity contribution in [2.75, 3.05) is 0 Å². The lowest BCUT2D eigenvalue weighted by Crippen LogP contribution is -2.20. The molecule has 0 radical (unpaired) electrons. The van der Waals surface area contributed by atoms with E-state index in [0.717, 1.165) is 21.9 Å². The van der Waals surface area contributed by atoms with Gasteiger partial charge in [-0.3, -0.25) is 0 Å². The summed E-state index contributed by atoms with van der Waals surface area (Å²) in [6, 6.07) is 23.3. The number of hydrogen-bond donors (Lipinski definition) is 1. The van der Waals surface area contributed by atoms with E-state index >= 15 is 0 Å². The van der Waals surface area contributed by atoms with Gasteiger partial charge in [0.05, 0.1) is 0 Å². The minimum atomic E-state index is -3.46. The van der Waals surface area contributed by atoms with Crippen molar-refractivity contribution in [3.8, 4) is 0 Å². The van der Waals surface area contributed by atoms with Crippen LogP contribution in [0.2, 0.25) is 0 Å². The third-order valence-electron chi connectivity index (χ3n) is 3.53. The number of nitrogens with one attached hydrogen (secondary N) is 1. The second kappa shape index (κ2) is 6.77. The Morgan fingerprint density at radius 2 is 1.52 bits per heavy atom. The molecule has 0 aliphatic heterocycles. The second-order valence-corrected chi connectivity index (χ2v) is 6.91. The molecule has 0 aliphatic carbocycles. The van der Waals surface area contributed by atoms with Gasteiger partial charge >= 0.3 is 0 Å². The molecule has 0 atom stereocenters. The van der Waals surface area contributed by atoms with Gasteiger partial charge < -0.3 is 0 Å². The monoisotopic (exact) mass is 323 g/mol. The molecule has 0 amide bonds. The lowest BCUT2D eigenvalue weighted by molar-refractivity contribution is 0.591. The van der Waals surface area contributed by atoms with Gasteiger partial charge in [-0.05, 0) is 34.0 Å². The van der Waals surface area contributed by atoms with Gasteiger partial charge in [-0.15, -0.1) is 0 Å². The molecule has 23 heavy (non-hydrogen) atoms. The first-order valence-corrected chi connectivity index (χ1v) is 8.87. The molecule has 3 nitrogen and oxygen atoms in total. The topological polar surface area (TPSA) is 46.2 Å². The van der Waals surface area contributed by atoms with Crippen LogP contribution in [0, 0.1) is 0 Å². The molecule has 3 rings (SSSR count). The summed E-state index contributed by atoms with van der Waals surface area (Å²) < 4.78 is 26.7. The van der Waals surface area contributed by atoms with E-state index < -0.39 is 10.0 Å². The zero-order chi connectivity index (χ0) is 16.1. The normalized spacial score (nSPS) is 12.0. The highest BCUT2D eigenvalue weighted by Gasteiger charge is 2.04. The van der Waals surface area contributed by atoms with Gasteiger partial charge in [0.2, 0.25) is 10.0 Å². The first kappa shape index (κ1) is 15.5. The maximum atomic E-state index is 12.0. The number of rotatable bonds is 5. The highest BCUT2D eigenvalue weighted by molar-refractivity contribution is 7.92. The maximum Gasteiger partial charge on any atom is 0.234 e. The summed E-state index contributed by atoms with van der Waals surface area (Å²) in [5.41, 5.74) is 1.78. The van der Waals surface area contributed by atoms with Gasteiger partial charge in [0, 0.05) is 12.0 Å². The summed E-state index contributed by atoms with van der Waals surface area (Å²) in [5, 5.41) is 3.43. The average molecular weight is 323 g/mol. The Kier molecular flexibility index (Phi) is 4.55. The van der Waals surface area contributed by atoms with E-state index in [0.29, 0.717) is 0 Å². The smallest absolute Gasteiger partial charge is 0.208 e. The zero-order valence-corrected chi connectivity index (χ0v) is 13.3. The quantitative estimate of drug-likeness (QED) is 0.773. The lowest BCUT2D eigenvalue weighted by Gasteiger charge is -2.03. The summed E-state index contributed by atoms with van der Waals surface area (Å²) in [6.07, 6.45) is 1.61. The number of hydrogen-bond acceptors (Lipinski definition) is 2. The van der Waals surface area contributed by atoms with Crippen molar-refractivity contribution >= 4 is 26.9 Å². The third kappa shape index (κ3) is 4.28. The number of sulfonamides is 1. The van der Waals surface area contributed by atoms with Gasteiger partial charge in [-0.25, -0.2) is 13.1 Å². The number of benzene rings is 3. The van der Waals surface area contributed by atoms with E-state index in [-0.39, 0.29) is 6.54 Å². The van der Waals surface area contributed by atoms with Crippen molar-refractivity contribution in [2.24, 2.45) is 0 Å². The molecule has 116 valence electrons. The highest BCUT2D eigenvalue weighted by atomic mass is 32.2. The molecular formula is C19H17NO2S. The molecule has 0 saturated heterocycles. The fourth-order valence-electron chi connectivity index (χ4n) is 2.31. The summed E-state index contributed by atoms with van der Waals surface area (Å²) in [5.74, 6) is 0. The average Bonchev–Trinajstić information content (AvgIpc) is 2.59. The predicted molar refractivity (Wildman–Crippen MR) is 95.2 cm³/mol. The van der Waals surface area contributed by atoms with Crippen LogP contribution in [0.15, 0.2) is 78.2 Å². The summed E-state index contributed by atoms with van der Waals surface area (Å²) in [6.45, 7) is 0.283. The molecule has 0 bridgehead atoms. The molecule has 0 aromatic heterocycles. The van der Waals surface area contributed by atoms with E-state index in [1.807, 2.05) is 72.8 Å². The molecule has 4 heteroatoms. The van der Waals surface area contributed by atoms with Crippen LogP contribution >= 0.6 is 0 Å². The van der Waals surface area contributed by atoms with Gasteiger partial charge in [0.25, 0.3) is 0 Å². The van der Waals surface area contributed by atoms with E-state index in [1.54, 1.807) is 6.08 Å². The standard InChI is InChI=1S/C19H17NO2S/c21-23(22,20-15-17-6-2-1-3-7-17)13-12-16-10-11-18-8-4-5-9-19(18)14-16/h1-14,20H,15H2.